The summed E-state index contributed by atoms with van der Waals surface area (Å²) in [6.45, 7) is 20.8. The van der Waals surface area contributed by atoms with Crippen LogP contribution >= 0.6 is 11.3 Å². The number of aliphatic hydroxyl groups is 1. The van der Waals surface area contributed by atoms with E-state index in [1.165, 1.54) is 27.1 Å². The number of thiophene rings is 1. The largest absolute Gasteiger partial charge is 0.512 e. The number of hydrogen-bond donors (Lipinski definition) is 1. The Kier molecular flexibility index (Phi) is 11.6. The van der Waals surface area contributed by atoms with Crippen molar-refractivity contribution in [2.24, 2.45) is 10.8 Å². The standard InChI is InChI=1S/C27H21N2OS.C15H28O2.Ir/c1-15-11-20-22(30-15)10-9-19-23-24(28-14-29-26(23)31-25(19)20)17-12-16-7-5-6-8-18(16)21(13-17)27(2,3)4;1-7-14(5,8-2)12(16)11-13(17)15(6,9-3)10-4;/h5-11,13-14H,1-4H3;11,16H,7-10H2,1-6H3;/q-1;;/b;12-11-;. The molecule has 0 spiro atoms. The predicted molar refractivity (Wildman–Crippen MR) is 203 cm³/mol. The van der Waals surface area contributed by atoms with Crippen LogP contribution in [0.3, 0.4) is 0 Å². The number of nitrogens with zero attached hydrogens (tertiary/aromatic N) is 2. The third kappa shape index (κ3) is 7.40. The zero-order valence-electron chi connectivity index (χ0n) is 30.5. The van der Waals surface area contributed by atoms with Gasteiger partial charge in [-0.05, 0) is 61.6 Å². The first kappa shape index (κ1) is 38.4. The van der Waals surface area contributed by atoms with Crippen LogP contribution in [0.1, 0.15) is 99.3 Å². The molecule has 7 heteroatoms. The molecule has 49 heavy (non-hydrogen) atoms. The molecule has 3 aromatic carbocycles. The number of hydrogen-bond acceptors (Lipinski definition) is 6. The monoisotopic (exact) mass is 854 g/mol. The average Bonchev–Trinajstić information content (AvgIpc) is 3.66. The molecule has 0 saturated carbocycles. The fourth-order valence-electron chi connectivity index (χ4n) is 6.17. The molecular weight excluding hydrogens is 805 g/mol. The van der Waals surface area contributed by atoms with Gasteiger partial charge in [0.05, 0.1) is 0 Å². The van der Waals surface area contributed by atoms with E-state index in [1.807, 2.05) is 48.5 Å². The summed E-state index contributed by atoms with van der Waals surface area (Å²) in [5, 5.41) is 15.9. The summed E-state index contributed by atoms with van der Waals surface area (Å²) in [5.74, 6) is 1.21. The Hall–Kier alpha value is -3.38. The first-order valence-corrected chi connectivity index (χ1v) is 18.0. The maximum atomic E-state index is 12.2. The summed E-state index contributed by atoms with van der Waals surface area (Å²) < 4.78 is 7.05. The number of aryl methyl sites for hydroxylation is 1. The van der Waals surface area contributed by atoms with E-state index < -0.39 is 0 Å². The van der Waals surface area contributed by atoms with Crippen molar-refractivity contribution in [3.05, 3.63) is 84.1 Å². The van der Waals surface area contributed by atoms with Crippen molar-refractivity contribution in [1.82, 2.24) is 9.97 Å². The molecule has 0 amide bonds. The normalized spacial score (nSPS) is 12.7. The Morgan fingerprint density at radius 3 is 2.16 bits per heavy atom. The second-order valence-electron chi connectivity index (χ2n) is 14.5. The molecule has 0 bridgehead atoms. The molecule has 0 unspecified atom stereocenters. The number of carbonyl (C=O) groups excluding carboxylic acids is 1. The summed E-state index contributed by atoms with van der Waals surface area (Å²) in [6.07, 6.45) is 6.43. The Morgan fingerprint density at radius 1 is 0.878 bits per heavy atom. The smallest absolute Gasteiger partial charge is 0.164 e. The number of aromatic nitrogens is 2. The molecule has 3 heterocycles. The SMILES string of the molecule is CCC(C)(CC)C(=O)/C=C(\O)C(C)(CC)CC.Cc1cc2c(ccc3c2sc2ncnc(-c4[c-]c5ccccc5c(C(C)(C)C)c4)c23)o1.[Ir]. The fraction of sp³-hybridized carbons (Fsp3) is 0.405. The third-order valence-corrected chi connectivity index (χ3v) is 11.6. The number of ketones is 1. The Labute approximate surface area is 308 Å². The van der Waals surface area contributed by atoms with Crippen LogP contribution in [-0.4, -0.2) is 20.9 Å². The molecule has 0 fully saturated rings. The quantitative estimate of drug-likeness (QED) is 0.0938. The van der Waals surface area contributed by atoms with E-state index in [1.54, 1.807) is 17.7 Å². The minimum absolute atomic E-state index is 0. The van der Waals surface area contributed by atoms with Gasteiger partial charge >= 0.3 is 0 Å². The van der Waals surface area contributed by atoms with Gasteiger partial charge in [-0.3, -0.25) is 9.78 Å². The molecular formula is C42H49IrN2O3S-. The van der Waals surface area contributed by atoms with Crippen LogP contribution in [-0.2, 0) is 30.3 Å². The van der Waals surface area contributed by atoms with Crippen LogP contribution in [0.2, 0.25) is 0 Å². The van der Waals surface area contributed by atoms with Gasteiger partial charge in [-0.1, -0.05) is 91.5 Å². The second-order valence-corrected chi connectivity index (χ2v) is 15.5. The van der Waals surface area contributed by atoms with E-state index in [0.717, 1.165) is 69.3 Å². The molecule has 1 radical (unpaired) electrons. The zero-order chi connectivity index (χ0) is 35.0. The number of aliphatic hydroxyl groups excluding tert-OH is 1. The molecule has 0 saturated heterocycles. The van der Waals surface area contributed by atoms with E-state index in [9.17, 15) is 9.90 Å². The van der Waals surface area contributed by atoms with Gasteiger partial charge in [-0.15, -0.1) is 40.5 Å². The van der Waals surface area contributed by atoms with E-state index in [0.29, 0.717) is 0 Å². The van der Waals surface area contributed by atoms with Gasteiger partial charge in [-0.2, -0.15) is 0 Å². The van der Waals surface area contributed by atoms with Gasteiger partial charge in [0.1, 0.15) is 28.3 Å². The van der Waals surface area contributed by atoms with Crippen molar-refractivity contribution in [2.75, 3.05) is 0 Å². The summed E-state index contributed by atoms with van der Waals surface area (Å²) in [4.78, 5) is 22.5. The van der Waals surface area contributed by atoms with Crippen molar-refractivity contribution in [1.29, 1.82) is 0 Å². The fourth-order valence-corrected chi connectivity index (χ4v) is 7.32. The van der Waals surface area contributed by atoms with E-state index in [2.05, 4.69) is 80.4 Å². The van der Waals surface area contributed by atoms with Crippen LogP contribution in [0.5, 0.6) is 0 Å². The Morgan fingerprint density at radius 2 is 1.53 bits per heavy atom. The Balaban J connectivity index is 0.000000260. The van der Waals surface area contributed by atoms with E-state index in [-0.39, 0.29) is 47.9 Å². The number of benzene rings is 3. The topological polar surface area (TPSA) is 76.2 Å². The molecule has 3 aromatic heterocycles. The molecule has 0 atom stereocenters. The van der Waals surface area contributed by atoms with Crippen molar-refractivity contribution >= 4 is 59.2 Å². The number of rotatable bonds is 8. The maximum Gasteiger partial charge on any atom is 0.164 e. The van der Waals surface area contributed by atoms with Gasteiger partial charge < -0.3 is 9.52 Å². The third-order valence-electron chi connectivity index (χ3n) is 10.5. The number of furan rings is 1. The number of allylic oxidation sites excluding steroid dienone is 2. The van der Waals surface area contributed by atoms with Crippen molar-refractivity contribution < 1.29 is 34.4 Å². The van der Waals surface area contributed by atoms with E-state index in [4.69, 9.17) is 9.40 Å². The molecule has 6 rings (SSSR count). The van der Waals surface area contributed by atoms with Crippen molar-refractivity contribution in [3.8, 4) is 11.3 Å². The first-order valence-electron chi connectivity index (χ1n) is 17.2. The van der Waals surface area contributed by atoms with Crippen molar-refractivity contribution in [2.45, 2.75) is 100 Å². The Bertz CT molecular complexity index is 2140. The molecule has 261 valence electrons. The van der Waals surface area contributed by atoms with Crippen LogP contribution < -0.4 is 0 Å². The summed E-state index contributed by atoms with van der Waals surface area (Å²) in [7, 11) is 0. The van der Waals surface area contributed by atoms with Gasteiger partial charge in [0.15, 0.2) is 5.78 Å². The predicted octanol–water partition coefficient (Wildman–Crippen LogP) is 12.5. The average molecular weight is 854 g/mol. The second kappa shape index (κ2) is 14.8. The summed E-state index contributed by atoms with van der Waals surface area (Å²) in [5.41, 5.74) is 3.57. The van der Waals surface area contributed by atoms with Crippen LogP contribution in [0, 0.1) is 23.8 Å². The minimum atomic E-state index is -0.337. The van der Waals surface area contributed by atoms with Crippen LogP contribution in [0.4, 0.5) is 0 Å². The zero-order valence-corrected chi connectivity index (χ0v) is 33.7. The summed E-state index contributed by atoms with van der Waals surface area (Å²) >= 11 is 1.70. The molecule has 0 aliphatic carbocycles. The van der Waals surface area contributed by atoms with E-state index >= 15 is 0 Å². The molecule has 0 aliphatic heterocycles. The van der Waals surface area contributed by atoms with Gasteiger partial charge in [0, 0.05) is 58.2 Å². The molecule has 0 aliphatic rings. The van der Waals surface area contributed by atoms with Crippen molar-refractivity contribution in [3.63, 3.8) is 0 Å². The van der Waals surface area contributed by atoms with Crippen LogP contribution in [0.25, 0.3) is 53.3 Å². The van der Waals surface area contributed by atoms with Gasteiger partial charge in [0.2, 0.25) is 0 Å². The van der Waals surface area contributed by atoms with Crippen LogP contribution in [0.15, 0.2) is 71.1 Å². The molecule has 1 N–H and O–H groups in total. The van der Waals surface area contributed by atoms with Gasteiger partial charge in [-0.25, -0.2) is 4.98 Å². The molecule has 6 aromatic rings. The summed E-state index contributed by atoms with van der Waals surface area (Å²) in [6, 6.07) is 20.7. The maximum absolute atomic E-state index is 12.2. The minimum Gasteiger partial charge on any atom is -0.512 e. The number of carbonyl (C=O) groups is 1. The van der Waals surface area contributed by atoms with Gasteiger partial charge in [0.25, 0.3) is 0 Å². The number of fused-ring (bicyclic) bond motifs is 6. The molecule has 5 nitrogen and oxygen atoms in total. The first-order chi connectivity index (χ1) is 22.7.